The normalized spacial score (nSPS) is 18.0. The molecule has 0 spiro atoms. The number of rotatable bonds is 4. The zero-order chi connectivity index (χ0) is 14.5. The van der Waals surface area contributed by atoms with Crippen molar-refractivity contribution in [2.45, 2.75) is 38.3 Å². The average molecular weight is 279 g/mol. The molecule has 0 bridgehead atoms. The molecule has 2 amide bonds. The van der Waals surface area contributed by atoms with Crippen LogP contribution in [0.25, 0.3) is 0 Å². The summed E-state index contributed by atoms with van der Waals surface area (Å²) in [6, 6.07) is 7.04. The number of nitrogens with one attached hydrogen (secondary N) is 1. The van der Waals surface area contributed by atoms with Gasteiger partial charge in [-0.3, -0.25) is 0 Å². The van der Waals surface area contributed by atoms with Crippen molar-refractivity contribution < 1.29 is 9.18 Å². The quantitative estimate of drug-likeness (QED) is 0.884. The number of amides is 2. The van der Waals surface area contributed by atoms with Gasteiger partial charge in [0.1, 0.15) is 5.82 Å². The molecule has 1 aliphatic rings. The highest BCUT2D eigenvalue weighted by Gasteiger charge is 2.22. The highest BCUT2D eigenvalue weighted by molar-refractivity contribution is 5.72. The molecule has 4 nitrogen and oxygen atoms in total. The molecule has 110 valence electrons. The predicted molar refractivity (Wildman–Crippen MR) is 76.9 cm³/mol. The van der Waals surface area contributed by atoms with Crippen LogP contribution in [0, 0.1) is 5.82 Å². The van der Waals surface area contributed by atoms with E-state index in [9.17, 15) is 9.18 Å². The first-order valence-electron chi connectivity index (χ1n) is 7.09. The Labute approximate surface area is 119 Å². The minimum absolute atomic E-state index is 0.201. The fourth-order valence-corrected chi connectivity index (χ4v) is 2.70. The van der Waals surface area contributed by atoms with Gasteiger partial charge < -0.3 is 16.0 Å². The molecule has 0 aromatic heterocycles. The van der Waals surface area contributed by atoms with Crippen molar-refractivity contribution in [3.05, 3.63) is 35.6 Å². The van der Waals surface area contributed by atoms with Gasteiger partial charge in [0, 0.05) is 25.2 Å². The van der Waals surface area contributed by atoms with Gasteiger partial charge in [-0.25, -0.2) is 9.18 Å². The third kappa shape index (κ3) is 4.20. The van der Waals surface area contributed by atoms with Crippen LogP contribution >= 0.6 is 0 Å². The van der Waals surface area contributed by atoms with E-state index in [2.05, 4.69) is 12.2 Å². The fourth-order valence-electron chi connectivity index (χ4n) is 2.70. The SMILES string of the molecule is CC(Cc1ccc(F)cc1)NC1CCN(C(N)=O)CC1. The maximum absolute atomic E-state index is 12.8. The molecule has 0 aliphatic carbocycles. The number of carbonyl (C=O) groups is 1. The summed E-state index contributed by atoms with van der Waals surface area (Å²) in [6.07, 6.45) is 2.73. The van der Waals surface area contributed by atoms with Gasteiger partial charge in [-0.15, -0.1) is 0 Å². The highest BCUT2D eigenvalue weighted by atomic mass is 19.1. The third-order valence-electron chi connectivity index (χ3n) is 3.78. The standard InChI is InChI=1S/C15H22FN3O/c1-11(10-12-2-4-13(16)5-3-12)18-14-6-8-19(9-7-14)15(17)20/h2-5,11,14,18H,6-10H2,1H3,(H2,17,20). The van der Waals surface area contributed by atoms with E-state index in [1.165, 1.54) is 12.1 Å². The molecular weight excluding hydrogens is 257 g/mol. The first-order valence-corrected chi connectivity index (χ1v) is 7.09. The highest BCUT2D eigenvalue weighted by Crippen LogP contribution is 2.12. The second kappa shape index (κ2) is 6.70. The number of hydrogen-bond donors (Lipinski definition) is 2. The van der Waals surface area contributed by atoms with E-state index in [0.717, 1.165) is 37.9 Å². The van der Waals surface area contributed by atoms with Crippen LogP contribution in [0.5, 0.6) is 0 Å². The van der Waals surface area contributed by atoms with Crippen LogP contribution in [0.1, 0.15) is 25.3 Å². The van der Waals surface area contributed by atoms with Gasteiger partial charge in [-0.2, -0.15) is 0 Å². The molecule has 1 aliphatic heterocycles. The number of nitrogens with zero attached hydrogens (tertiary/aromatic N) is 1. The summed E-state index contributed by atoms with van der Waals surface area (Å²) in [6.45, 7) is 3.57. The molecule has 1 aromatic carbocycles. The molecule has 2 rings (SSSR count). The minimum atomic E-state index is -0.331. The van der Waals surface area contributed by atoms with Crippen molar-refractivity contribution in [2.75, 3.05) is 13.1 Å². The number of hydrogen-bond acceptors (Lipinski definition) is 2. The Balaban J connectivity index is 1.76. The number of nitrogens with two attached hydrogens (primary N) is 1. The van der Waals surface area contributed by atoms with E-state index < -0.39 is 0 Å². The van der Waals surface area contributed by atoms with E-state index >= 15 is 0 Å². The number of halogens is 1. The summed E-state index contributed by atoms with van der Waals surface area (Å²) >= 11 is 0. The lowest BCUT2D eigenvalue weighted by Crippen LogP contribution is -2.48. The van der Waals surface area contributed by atoms with Crippen molar-refractivity contribution in [1.82, 2.24) is 10.2 Å². The maximum Gasteiger partial charge on any atom is 0.314 e. The van der Waals surface area contributed by atoms with E-state index in [1.807, 2.05) is 12.1 Å². The number of primary amides is 1. The molecule has 20 heavy (non-hydrogen) atoms. The second-order valence-electron chi connectivity index (χ2n) is 5.50. The Morgan fingerprint density at radius 1 is 1.40 bits per heavy atom. The zero-order valence-electron chi connectivity index (χ0n) is 11.8. The van der Waals surface area contributed by atoms with Crippen molar-refractivity contribution >= 4 is 6.03 Å². The summed E-state index contributed by atoms with van der Waals surface area (Å²) in [5.74, 6) is -0.201. The molecule has 1 heterocycles. The number of urea groups is 1. The number of likely N-dealkylation sites (tertiary alicyclic amines) is 1. The van der Waals surface area contributed by atoms with Crippen molar-refractivity contribution in [3.63, 3.8) is 0 Å². The summed E-state index contributed by atoms with van der Waals surface area (Å²) < 4.78 is 12.8. The van der Waals surface area contributed by atoms with Gasteiger partial charge in [0.25, 0.3) is 0 Å². The van der Waals surface area contributed by atoms with Gasteiger partial charge in [-0.05, 0) is 43.9 Å². The number of benzene rings is 1. The monoisotopic (exact) mass is 279 g/mol. The van der Waals surface area contributed by atoms with Gasteiger partial charge in [0.15, 0.2) is 0 Å². The van der Waals surface area contributed by atoms with Crippen LogP contribution in [0.15, 0.2) is 24.3 Å². The Hall–Kier alpha value is -1.62. The molecule has 0 radical (unpaired) electrons. The first kappa shape index (κ1) is 14.8. The first-order chi connectivity index (χ1) is 9.54. The van der Waals surface area contributed by atoms with Crippen LogP contribution < -0.4 is 11.1 Å². The average Bonchev–Trinajstić information content (AvgIpc) is 2.42. The third-order valence-corrected chi connectivity index (χ3v) is 3.78. The lowest BCUT2D eigenvalue weighted by Gasteiger charge is -2.33. The predicted octanol–water partition coefficient (Wildman–Crippen LogP) is 1.89. The number of carbonyl (C=O) groups excluding carboxylic acids is 1. The Kier molecular flexibility index (Phi) is 4.95. The van der Waals surface area contributed by atoms with Crippen molar-refractivity contribution in [1.29, 1.82) is 0 Å². The number of piperidine rings is 1. The molecule has 3 N–H and O–H groups in total. The molecule has 0 saturated carbocycles. The molecule has 1 aromatic rings. The second-order valence-corrected chi connectivity index (χ2v) is 5.50. The van der Waals surface area contributed by atoms with Crippen molar-refractivity contribution in [3.8, 4) is 0 Å². The molecular formula is C15H22FN3O. The van der Waals surface area contributed by atoms with E-state index in [0.29, 0.717) is 12.1 Å². The molecule has 1 fully saturated rings. The van der Waals surface area contributed by atoms with Gasteiger partial charge in [0.2, 0.25) is 0 Å². The minimum Gasteiger partial charge on any atom is -0.351 e. The molecule has 5 heteroatoms. The summed E-state index contributed by atoms with van der Waals surface area (Å²) in [7, 11) is 0. The summed E-state index contributed by atoms with van der Waals surface area (Å²) in [5.41, 5.74) is 6.39. The topological polar surface area (TPSA) is 58.4 Å². The summed E-state index contributed by atoms with van der Waals surface area (Å²) in [5, 5.41) is 3.57. The van der Waals surface area contributed by atoms with Gasteiger partial charge in [0.05, 0.1) is 0 Å². The van der Waals surface area contributed by atoms with Crippen LogP contribution in [-0.4, -0.2) is 36.1 Å². The van der Waals surface area contributed by atoms with E-state index in [-0.39, 0.29) is 11.8 Å². The van der Waals surface area contributed by atoms with Gasteiger partial charge in [-0.1, -0.05) is 12.1 Å². The van der Waals surface area contributed by atoms with Gasteiger partial charge >= 0.3 is 6.03 Å². The van der Waals surface area contributed by atoms with Crippen LogP contribution in [-0.2, 0) is 6.42 Å². The molecule has 1 unspecified atom stereocenters. The van der Waals surface area contributed by atoms with E-state index in [4.69, 9.17) is 5.73 Å². The lowest BCUT2D eigenvalue weighted by molar-refractivity contribution is 0.183. The lowest BCUT2D eigenvalue weighted by atomic mass is 10.0. The Bertz CT molecular complexity index is 441. The smallest absolute Gasteiger partial charge is 0.314 e. The van der Waals surface area contributed by atoms with Crippen molar-refractivity contribution in [2.24, 2.45) is 5.73 Å². The Morgan fingerprint density at radius 3 is 2.55 bits per heavy atom. The maximum atomic E-state index is 12.8. The molecule has 1 saturated heterocycles. The molecule has 1 atom stereocenters. The largest absolute Gasteiger partial charge is 0.351 e. The zero-order valence-corrected chi connectivity index (χ0v) is 11.8. The van der Waals surface area contributed by atoms with Crippen LogP contribution in [0.4, 0.5) is 9.18 Å². The fraction of sp³-hybridized carbons (Fsp3) is 0.533. The van der Waals surface area contributed by atoms with Crippen LogP contribution in [0.3, 0.4) is 0 Å². The van der Waals surface area contributed by atoms with Crippen LogP contribution in [0.2, 0.25) is 0 Å². The van der Waals surface area contributed by atoms with E-state index in [1.54, 1.807) is 4.90 Å². The summed E-state index contributed by atoms with van der Waals surface area (Å²) in [4.78, 5) is 12.7. The Morgan fingerprint density at radius 2 is 2.00 bits per heavy atom.